The topological polar surface area (TPSA) is 58.6 Å². The van der Waals surface area contributed by atoms with Gasteiger partial charge in [-0.1, -0.05) is 6.07 Å². The van der Waals surface area contributed by atoms with E-state index in [9.17, 15) is 4.79 Å². The zero-order valence-electron chi connectivity index (χ0n) is 15.0. The average Bonchev–Trinajstić information content (AvgIpc) is 2.98. The number of nitrogens with zero attached hydrogens (tertiary/aromatic N) is 4. The van der Waals surface area contributed by atoms with Gasteiger partial charge in [-0.15, -0.1) is 0 Å². The molecule has 0 radical (unpaired) electrons. The third kappa shape index (κ3) is 3.34. The maximum atomic E-state index is 12.5. The van der Waals surface area contributed by atoms with Gasteiger partial charge >= 0.3 is 0 Å². The van der Waals surface area contributed by atoms with Crippen molar-refractivity contribution in [2.24, 2.45) is 5.92 Å². The first kappa shape index (κ1) is 17.1. The van der Waals surface area contributed by atoms with Crippen LogP contribution in [0.15, 0.2) is 48.9 Å². The first-order valence-electron chi connectivity index (χ1n) is 9.04. The van der Waals surface area contributed by atoms with Crippen LogP contribution in [0.3, 0.4) is 0 Å². The van der Waals surface area contributed by atoms with Gasteiger partial charge in [-0.3, -0.25) is 19.7 Å². The lowest BCUT2D eigenvalue weighted by Crippen LogP contribution is -2.68. The Balaban J connectivity index is 1.27. The van der Waals surface area contributed by atoms with E-state index in [1.807, 2.05) is 23.1 Å². The third-order valence-corrected chi connectivity index (χ3v) is 5.52. The van der Waals surface area contributed by atoms with Gasteiger partial charge in [0.2, 0.25) is 0 Å². The van der Waals surface area contributed by atoms with Gasteiger partial charge in [0.15, 0.2) is 0 Å². The summed E-state index contributed by atoms with van der Waals surface area (Å²) in [6.07, 6.45) is 6.20. The normalized spacial score (nSPS) is 21.7. The number of aromatic nitrogens is 2. The number of rotatable bonds is 5. The van der Waals surface area contributed by atoms with Crippen molar-refractivity contribution in [3.05, 3.63) is 60.2 Å². The molecule has 1 spiro atoms. The molecule has 2 aromatic rings. The summed E-state index contributed by atoms with van der Waals surface area (Å²) in [5, 5.41) is 0. The summed E-state index contributed by atoms with van der Waals surface area (Å²) in [5.41, 5.74) is 1.79. The van der Waals surface area contributed by atoms with Crippen molar-refractivity contribution < 1.29 is 9.53 Å². The lowest BCUT2D eigenvalue weighted by molar-refractivity contribution is -0.00806. The number of carbonyl (C=O) groups is 1. The van der Waals surface area contributed by atoms with Crippen molar-refractivity contribution in [3.63, 3.8) is 0 Å². The van der Waals surface area contributed by atoms with Crippen LogP contribution in [0.1, 0.15) is 22.5 Å². The van der Waals surface area contributed by atoms with E-state index in [1.54, 1.807) is 30.7 Å². The Labute approximate surface area is 153 Å². The average molecular weight is 352 g/mol. The van der Waals surface area contributed by atoms with E-state index in [0.717, 1.165) is 38.4 Å². The van der Waals surface area contributed by atoms with E-state index >= 15 is 0 Å². The van der Waals surface area contributed by atoms with Crippen molar-refractivity contribution in [3.8, 4) is 0 Å². The lowest BCUT2D eigenvalue weighted by atomic mass is 9.84. The van der Waals surface area contributed by atoms with Crippen LogP contribution < -0.4 is 0 Å². The number of amides is 1. The second kappa shape index (κ2) is 7.13. The van der Waals surface area contributed by atoms with Crippen molar-refractivity contribution in [1.82, 2.24) is 19.8 Å². The molecule has 26 heavy (non-hydrogen) atoms. The number of pyridine rings is 2. The Morgan fingerprint density at radius 3 is 2.77 bits per heavy atom. The van der Waals surface area contributed by atoms with Gasteiger partial charge in [-0.05, 0) is 43.7 Å². The summed E-state index contributed by atoms with van der Waals surface area (Å²) in [6, 6.07) is 9.43. The molecule has 1 amide bonds. The molecule has 2 aliphatic rings. The van der Waals surface area contributed by atoms with Crippen LogP contribution in [-0.2, 0) is 11.3 Å². The Hall–Kier alpha value is -2.31. The second-order valence-electron chi connectivity index (χ2n) is 7.41. The van der Waals surface area contributed by atoms with E-state index in [-0.39, 0.29) is 11.4 Å². The highest BCUT2D eigenvalue weighted by Crippen LogP contribution is 2.40. The molecule has 6 nitrogen and oxygen atoms in total. The molecule has 2 fully saturated rings. The minimum Gasteiger partial charge on any atom is -0.375 e. The van der Waals surface area contributed by atoms with Gasteiger partial charge in [0.1, 0.15) is 0 Å². The zero-order valence-corrected chi connectivity index (χ0v) is 15.0. The van der Waals surface area contributed by atoms with Crippen LogP contribution in [0, 0.1) is 5.92 Å². The van der Waals surface area contributed by atoms with Crippen molar-refractivity contribution in [2.75, 3.05) is 33.3 Å². The molecule has 6 heteroatoms. The summed E-state index contributed by atoms with van der Waals surface area (Å²) in [7, 11) is 2.16. The highest BCUT2D eigenvalue weighted by atomic mass is 16.5. The zero-order chi connectivity index (χ0) is 18.0. The number of hydrogen-bond donors (Lipinski definition) is 0. The number of hydrogen-bond acceptors (Lipinski definition) is 5. The molecule has 0 saturated carbocycles. The minimum atomic E-state index is 0.0984. The van der Waals surface area contributed by atoms with Crippen LogP contribution in [0.4, 0.5) is 0 Å². The fourth-order valence-electron chi connectivity index (χ4n) is 4.12. The molecule has 2 saturated heterocycles. The first-order chi connectivity index (χ1) is 12.7. The number of likely N-dealkylation sites (tertiary alicyclic amines) is 2. The molecule has 2 aromatic heterocycles. The monoisotopic (exact) mass is 352 g/mol. The van der Waals surface area contributed by atoms with E-state index in [2.05, 4.69) is 21.9 Å². The molecule has 0 aliphatic carbocycles. The third-order valence-electron chi connectivity index (χ3n) is 5.52. The summed E-state index contributed by atoms with van der Waals surface area (Å²) in [5.74, 6) is 0.600. The van der Waals surface area contributed by atoms with Gasteiger partial charge in [0.05, 0.1) is 24.4 Å². The predicted molar refractivity (Wildman–Crippen MR) is 97.5 cm³/mol. The summed E-state index contributed by atoms with van der Waals surface area (Å²) in [6.45, 7) is 3.89. The Morgan fingerprint density at radius 1 is 1.23 bits per heavy atom. The molecule has 0 aromatic carbocycles. The SMILES string of the molecule is CN1CC(COCc2ccccn2)CC12CN(C(=O)c1ccncc1)C2. The van der Waals surface area contributed by atoms with Gasteiger partial charge in [0.25, 0.3) is 5.91 Å². The molecule has 1 unspecified atom stereocenters. The molecule has 136 valence electrons. The highest BCUT2D eigenvalue weighted by molar-refractivity contribution is 5.94. The largest absolute Gasteiger partial charge is 0.375 e. The molecule has 0 N–H and O–H groups in total. The molecule has 4 heterocycles. The highest BCUT2D eigenvalue weighted by Gasteiger charge is 2.53. The summed E-state index contributed by atoms with van der Waals surface area (Å²) in [4.78, 5) is 25.1. The molecule has 0 bridgehead atoms. The predicted octanol–water partition coefficient (Wildman–Crippen LogP) is 1.84. The fraction of sp³-hybridized carbons (Fsp3) is 0.450. The Bertz CT molecular complexity index is 747. The second-order valence-corrected chi connectivity index (χ2v) is 7.41. The summed E-state index contributed by atoms with van der Waals surface area (Å²) >= 11 is 0. The van der Waals surface area contributed by atoms with Crippen LogP contribution in [0.25, 0.3) is 0 Å². The Kier molecular flexibility index (Phi) is 4.70. The van der Waals surface area contributed by atoms with Gasteiger partial charge in [0, 0.05) is 43.8 Å². The van der Waals surface area contributed by atoms with Crippen LogP contribution in [0.5, 0.6) is 0 Å². The quantitative estimate of drug-likeness (QED) is 0.822. The Morgan fingerprint density at radius 2 is 2.04 bits per heavy atom. The van der Waals surface area contributed by atoms with Gasteiger partial charge in [-0.2, -0.15) is 0 Å². The number of likely N-dealkylation sites (N-methyl/N-ethyl adjacent to an activating group) is 1. The minimum absolute atomic E-state index is 0.0984. The van der Waals surface area contributed by atoms with E-state index < -0.39 is 0 Å². The standard InChI is InChI=1S/C20H24N4O2/c1-23-11-16(12-26-13-18-4-2-3-7-22-18)10-20(23)14-24(15-20)19(25)17-5-8-21-9-6-17/h2-9,16H,10-15H2,1H3. The summed E-state index contributed by atoms with van der Waals surface area (Å²) < 4.78 is 5.88. The van der Waals surface area contributed by atoms with Crippen molar-refractivity contribution >= 4 is 5.91 Å². The molecule has 1 atom stereocenters. The van der Waals surface area contributed by atoms with E-state index in [0.29, 0.717) is 18.1 Å². The molecular formula is C20H24N4O2. The molecule has 2 aliphatic heterocycles. The van der Waals surface area contributed by atoms with E-state index in [1.165, 1.54) is 0 Å². The maximum absolute atomic E-state index is 12.5. The van der Waals surface area contributed by atoms with Crippen LogP contribution in [0.2, 0.25) is 0 Å². The molecular weight excluding hydrogens is 328 g/mol. The van der Waals surface area contributed by atoms with E-state index in [4.69, 9.17) is 4.74 Å². The number of ether oxygens (including phenoxy) is 1. The lowest BCUT2D eigenvalue weighted by Gasteiger charge is -2.52. The first-order valence-corrected chi connectivity index (χ1v) is 9.04. The number of carbonyl (C=O) groups excluding carboxylic acids is 1. The van der Waals surface area contributed by atoms with Crippen molar-refractivity contribution in [2.45, 2.75) is 18.6 Å². The van der Waals surface area contributed by atoms with Gasteiger partial charge in [-0.25, -0.2) is 0 Å². The maximum Gasteiger partial charge on any atom is 0.254 e. The fourth-order valence-corrected chi connectivity index (χ4v) is 4.12. The molecule has 4 rings (SSSR count). The van der Waals surface area contributed by atoms with Crippen LogP contribution in [-0.4, -0.2) is 64.5 Å². The van der Waals surface area contributed by atoms with Gasteiger partial charge < -0.3 is 9.64 Å². The van der Waals surface area contributed by atoms with Crippen LogP contribution >= 0.6 is 0 Å². The van der Waals surface area contributed by atoms with Crippen molar-refractivity contribution in [1.29, 1.82) is 0 Å². The smallest absolute Gasteiger partial charge is 0.254 e.